The fourth-order valence-electron chi connectivity index (χ4n) is 2.61. The molecule has 0 unspecified atom stereocenters. The Labute approximate surface area is 103 Å². The van der Waals surface area contributed by atoms with Crippen LogP contribution in [0.25, 0.3) is 0 Å². The molecule has 1 aliphatic rings. The number of nitrogens with two attached hydrogens (primary N) is 1. The van der Waals surface area contributed by atoms with Gasteiger partial charge in [-0.15, -0.1) is 0 Å². The third kappa shape index (κ3) is 2.60. The molecule has 0 spiro atoms. The first-order valence-corrected chi connectivity index (χ1v) is 6.19. The second-order valence-electron chi connectivity index (χ2n) is 4.96. The zero-order valence-electron chi connectivity index (χ0n) is 10.6. The number of nitrogens with zero attached hydrogens (tertiary/aromatic N) is 1. The lowest BCUT2D eigenvalue weighted by Gasteiger charge is -2.31. The monoisotopic (exact) mass is 232 g/mol. The number of urea groups is 1. The van der Waals surface area contributed by atoms with E-state index < -0.39 is 0 Å². The third-order valence-corrected chi connectivity index (χ3v) is 3.68. The smallest absolute Gasteiger partial charge is 0.314 e. The van der Waals surface area contributed by atoms with Crippen molar-refractivity contribution in [2.24, 2.45) is 5.73 Å². The molecule has 3 heteroatoms. The van der Waals surface area contributed by atoms with Crippen LogP contribution in [-0.4, -0.2) is 24.0 Å². The first-order valence-electron chi connectivity index (χ1n) is 6.19. The van der Waals surface area contributed by atoms with Crippen LogP contribution in [0.3, 0.4) is 0 Å². The summed E-state index contributed by atoms with van der Waals surface area (Å²) >= 11 is 0. The number of hydrogen-bond acceptors (Lipinski definition) is 1. The van der Waals surface area contributed by atoms with Gasteiger partial charge in [0.05, 0.1) is 0 Å². The van der Waals surface area contributed by atoms with E-state index in [1.165, 1.54) is 16.7 Å². The minimum atomic E-state index is -0.288. The van der Waals surface area contributed by atoms with Crippen LogP contribution >= 0.6 is 0 Å². The first-order chi connectivity index (χ1) is 8.08. The summed E-state index contributed by atoms with van der Waals surface area (Å²) in [5.74, 6) is 0.575. The van der Waals surface area contributed by atoms with Gasteiger partial charge in [-0.05, 0) is 43.7 Å². The Hall–Kier alpha value is -1.51. The van der Waals surface area contributed by atoms with E-state index in [0.29, 0.717) is 5.92 Å². The van der Waals surface area contributed by atoms with Gasteiger partial charge in [0.1, 0.15) is 0 Å². The summed E-state index contributed by atoms with van der Waals surface area (Å²) in [5.41, 5.74) is 9.39. The molecule has 17 heavy (non-hydrogen) atoms. The SMILES string of the molecule is Cc1ccc(C)c(C2CCN(C(N)=O)CC2)c1. The number of rotatable bonds is 1. The van der Waals surface area contributed by atoms with Gasteiger partial charge in [-0.3, -0.25) is 0 Å². The number of hydrogen-bond donors (Lipinski definition) is 1. The molecular weight excluding hydrogens is 212 g/mol. The average Bonchev–Trinajstić information content (AvgIpc) is 2.32. The second-order valence-corrected chi connectivity index (χ2v) is 4.96. The van der Waals surface area contributed by atoms with Crippen molar-refractivity contribution in [3.8, 4) is 0 Å². The maximum absolute atomic E-state index is 11.1. The predicted molar refractivity (Wildman–Crippen MR) is 69.0 cm³/mol. The van der Waals surface area contributed by atoms with Crippen molar-refractivity contribution < 1.29 is 4.79 Å². The second kappa shape index (κ2) is 4.78. The molecule has 2 amide bonds. The highest BCUT2D eigenvalue weighted by atomic mass is 16.2. The number of piperidine rings is 1. The summed E-state index contributed by atoms with van der Waals surface area (Å²) in [7, 11) is 0. The van der Waals surface area contributed by atoms with Crippen LogP contribution in [0.2, 0.25) is 0 Å². The molecule has 2 N–H and O–H groups in total. The van der Waals surface area contributed by atoms with E-state index in [0.717, 1.165) is 25.9 Å². The average molecular weight is 232 g/mol. The predicted octanol–water partition coefficient (Wildman–Crippen LogP) is 2.56. The van der Waals surface area contributed by atoms with E-state index in [1.54, 1.807) is 4.90 Å². The first kappa shape index (κ1) is 12.0. The Morgan fingerprint density at radius 2 is 1.94 bits per heavy atom. The fourth-order valence-corrected chi connectivity index (χ4v) is 2.61. The standard InChI is InChI=1S/C14H20N2O/c1-10-3-4-11(2)13(9-10)12-5-7-16(8-6-12)14(15)17/h3-4,9,12H,5-8H2,1-2H3,(H2,15,17). The molecule has 92 valence electrons. The Morgan fingerprint density at radius 1 is 1.29 bits per heavy atom. The molecule has 2 rings (SSSR count). The van der Waals surface area contributed by atoms with Crippen LogP contribution < -0.4 is 5.73 Å². The van der Waals surface area contributed by atoms with Gasteiger partial charge < -0.3 is 10.6 Å². The van der Waals surface area contributed by atoms with Crippen LogP contribution in [0.15, 0.2) is 18.2 Å². The van der Waals surface area contributed by atoms with Crippen molar-refractivity contribution in [1.29, 1.82) is 0 Å². The van der Waals surface area contributed by atoms with E-state index in [9.17, 15) is 4.79 Å². The number of carbonyl (C=O) groups is 1. The molecule has 1 heterocycles. The lowest BCUT2D eigenvalue weighted by atomic mass is 9.86. The molecule has 0 saturated carbocycles. The quantitative estimate of drug-likeness (QED) is 0.794. The molecular formula is C14H20N2O. The lowest BCUT2D eigenvalue weighted by molar-refractivity contribution is 0.190. The maximum Gasteiger partial charge on any atom is 0.314 e. The highest BCUT2D eigenvalue weighted by Gasteiger charge is 2.23. The molecule has 0 aromatic heterocycles. The van der Waals surface area contributed by atoms with Crippen molar-refractivity contribution in [3.05, 3.63) is 34.9 Å². The summed E-state index contributed by atoms with van der Waals surface area (Å²) in [4.78, 5) is 12.8. The summed E-state index contributed by atoms with van der Waals surface area (Å²) in [6.45, 7) is 5.86. The zero-order chi connectivity index (χ0) is 12.4. The number of primary amides is 1. The molecule has 0 atom stereocenters. The topological polar surface area (TPSA) is 46.3 Å². The van der Waals surface area contributed by atoms with Crippen LogP contribution in [0.1, 0.15) is 35.4 Å². The number of aryl methyl sites for hydroxylation is 2. The Kier molecular flexibility index (Phi) is 3.36. The molecule has 0 aliphatic carbocycles. The van der Waals surface area contributed by atoms with E-state index in [2.05, 4.69) is 32.0 Å². The third-order valence-electron chi connectivity index (χ3n) is 3.68. The van der Waals surface area contributed by atoms with Crippen LogP contribution in [-0.2, 0) is 0 Å². The minimum absolute atomic E-state index is 0.288. The summed E-state index contributed by atoms with van der Waals surface area (Å²) in [6, 6.07) is 6.33. The van der Waals surface area contributed by atoms with Gasteiger partial charge in [-0.2, -0.15) is 0 Å². The lowest BCUT2D eigenvalue weighted by Crippen LogP contribution is -2.41. The Balaban J connectivity index is 2.10. The van der Waals surface area contributed by atoms with Gasteiger partial charge in [0, 0.05) is 13.1 Å². The number of benzene rings is 1. The zero-order valence-corrected chi connectivity index (χ0v) is 10.6. The molecule has 1 aliphatic heterocycles. The summed E-state index contributed by atoms with van der Waals surface area (Å²) in [5, 5.41) is 0. The van der Waals surface area contributed by atoms with Crippen LogP contribution in [0.5, 0.6) is 0 Å². The van der Waals surface area contributed by atoms with E-state index >= 15 is 0 Å². The number of carbonyl (C=O) groups excluding carboxylic acids is 1. The summed E-state index contributed by atoms with van der Waals surface area (Å²) in [6.07, 6.45) is 2.04. The molecule has 0 bridgehead atoms. The van der Waals surface area contributed by atoms with Crippen LogP contribution in [0, 0.1) is 13.8 Å². The fraction of sp³-hybridized carbons (Fsp3) is 0.500. The highest BCUT2D eigenvalue weighted by molar-refractivity contribution is 5.72. The molecule has 1 aromatic carbocycles. The van der Waals surface area contributed by atoms with Gasteiger partial charge in [0.25, 0.3) is 0 Å². The Bertz CT molecular complexity index is 420. The molecule has 0 radical (unpaired) electrons. The largest absolute Gasteiger partial charge is 0.351 e. The van der Waals surface area contributed by atoms with Crippen LogP contribution in [0.4, 0.5) is 4.79 Å². The van der Waals surface area contributed by atoms with Crippen molar-refractivity contribution in [2.75, 3.05) is 13.1 Å². The molecule has 1 fully saturated rings. The minimum Gasteiger partial charge on any atom is -0.351 e. The number of likely N-dealkylation sites (tertiary alicyclic amines) is 1. The normalized spacial score (nSPS) is 17.2. The molecule has 1 saturated heterocycles. The van der Waals surface area contributed by atoms with Gasteiger partial charge in [0.2, 0.25) is 0 Å². The molecule has 3 nitrogen and oxygen atoms in total. The van der Waals surface area contributed by atoms with Crippen molar-refractivity contribution in [1.82, 2.24) is 4.90 Å². The van der Waals surface area contributed by atoms with Crippen molar-refractivity contribution in [2.45, 2.75) is 32.6 Å². The maximum atomic E-state index is 11.1. The Morgan fingerprint density at radius 3 is 2.53 bits per heavy atom. The molecule has 1 aromatic rings. The van der Waals surface area contributed by atoms with Crippen molar-refractivity contribution >= 4 is 6.03 Å². The van der Waals surface area contributed by atoms with Gasteiger partial charge in [-0.1, -0.05) is 23.8 Å². The van der Waals surface area contributed by atoms with E-state index in [-0.39, 0.29) is 6.03 Å². The van der Waals surface area contributed by atoms with E-state index in [4.69, 9.17) is 5.73 Å². The van der Waals surface area contributed by atoms with Crippen molar-refractivity contribution in [3.63, 3.8) is 0 Å². The van der Waals surface area contributed by atoms with E-state index in [1.807, 2.05) is 0 Å². The van der Waals surface area contributed by atoms with Gasteiger partial charge in [0.15, 0.2) is 0 Å². The van der Waals surface area contributed by atoms with Gasteiger partial charge in [-0.25, -0.2) is 4.79 Å². The summed E-state index contributed by atoms with van der Waals surface area (Å²) < 4.78 is 0. The van der Waals surface area contributed by atoms with Gasteiger partial charge >= 0.3 is 6.03 Å². The highest BCUT2D eigenvalue weighted by Crippen LogP contribution is 2.30. The number of amides is 2.